The van der Waals surface area contributed by atoms with Crippen LogP contribution in [-0.4, -0.2) is 21.1 Å². The van der Waals surface area contributed by atoms with Crippen LogP contribution in [0.25, 0.3) is 10.6 Å². The minimum atomic E-state index is -0.188. The lowest BCUT2D eigenvalue weighted by Crippen LogP contribution is -2.11. The Morgan fingerprint density at radius 3 is 2.48 bits per heavy atom. The maximum atomic E-state index is 12.1. The van der Waals surface area contributed by atoms with Crippen LogP contribution in [0.3, 0.4) is 0 Å². The summed E-state index contributed by atoms with van der Waals surface area (Å²) >= 11 is 1.33. The molecule has 0 aliphatic carbocycles. The smallest absolute Gasteiger partial charge is 0.257 e. The van der Waals surface area contributed by atoms with E-state index >= 15 is 0 Å². The average Bonchev–Trinajstić information content (AvgIpc) is 2.97. The summed E-state index contributed by atoms with van der Waals surface area (Å²) in [6.07, 6.45) is 3.39. The van der Waals surface area contributed by atoms with Gasteiger partial charge in [-0.3, -0.25) is 15.1 Å². The number of hydrogen-bond acceptors (Lipinski definition) is 5. The highest BCUT2D eigenvalue weighted by atomic mass is 32.1. The van der Waals surface area contributed by atoms with Crippen LogP contribution < -0.4 is 5.32 Å². The molecule has 0 radical (unpaired) electrons. The standard InChI is InChI=1S/C15H12N4OS/c1-10-2-4-11(5-3-10)13(20)17-15-19-18-14(21-15)12-6-8-16-9-7-12/h2-9H,1H3,(H,17,19,20). The van der Waals surface area contributed by atoms with Crippen molar-refractivity contribution in [1.29, 1.82) is 0 Å². The lowest BCUT2D eigenvalue weighted by atomic mass is 10.1. The van der Waals surface area contributed by atoms with Gasteiger partial charge in [-0.1, -0.05) is 29.0 Å². The van der Waals surface area contributed by atoms with Crippen molar-refractivity contribution in [3.63, 3.8) is 0 Å². The fourth-order valence-electron chi connectivity index (χ4n) is 1.76. The molecule has 6 heteroatoms. The van der Waals surface area contributed by atoms with Crippen LogP contribution in [0.1, 0.15) is 15.9 Å². The highest BCUT2D eigenvalue weighted by Crippen LogP contribution is 2.25. The Morgan fingerprint density at radius 2 is 1.76 bits per heavy atom. The monoisotopic (exact) mass is 296 g/mol. The number of anilines is 1. The van der Waals surface area contributed by atoms with Gasteiger partial charge in [0.2, 0.25) is 5.13 Å². The van der Waals surface area contributed by atoms with Crippen LogP contribution in [0, 0.1) is 6.92 Å². The van der Waals surface area contributed by atoms with Crippen molar-refractivity contribution < 1.29 is 4.79 Å². The molecule has 2 heterocycles. The van der Waals surface area contributed by atoms with Gasteiger partial charge in [-0.2, -0.15) is 0 Å². The van der Waals surface area contributed by atoms with Gasteiger partial charge in [0.15, 0.2) is 0 Å². The van der Waals surface area contributed by atoms with Gasteiger partial charge in [-0.25, -0.2) is 0 Å². The van der Waals surface area contributed by atoms with E-state index in [1.165, 1.54) is 11.3 Å². The van der Waals surface area contributed by atoms with Gasteiger partial charge in [-0.05, 0) is 31.2 Å². The Hall–Kier alpha value is -2.60. The number of pyridine rings is 1. The Kier molecular flexibility index (Phi) is 3.70. The second-order valence-electron chi connectivity index (χ2n) is 4.47. The maximum Gasteiger partial charge on any atom is 0.257 e. The lowest BCUT2D eigenvalue weighted by molar-refractivity contribution is 0.102. The lowest BCUT2D eigenvalue weighted by Gasteiger charge is -2.01. The number of nitrogens with one attached hydrogen (secondary N) is 1. The van der Waals surface area contributed by atoms with Gasteiger partial charge in [0.05, 0.1) is 0 Å². The van der Waals surface area contributed by atoms with Gasteiger partial charge < -0.3 is 0 Å². The largest absolute Gasteiger partial charge is 0.296 e. The molecule has 5 nitrogen and oxygen atoms in total. The zero-order chi connectivity index (χ0) is 14.7. The highest BCUT2D eigenvalue weighted by molar-refractivity contribution is 7.18. The summed E-state index contributed by atoms with van der Waals surface area (Å²) in [6.45, 7) is 1.98. The Labute approximate surface area is 125 Å². The molecule has 0 saturated heterocycles. The molecule has 0 atom stereocenters. The molecule has 0 fully saturated rings. The van der Waals surface area contributed by atoms with Crippen molar-refractivity contribution >= 4 is 22.4 Å². The molecule has 2 aromatic heterocycles. The minimum Gasteiger partial charge on any atom is -0.296 e. The molecule has 0 bridgehead atoms. The van der Waals surface area contributed by atoms with E-state index in [4.69, 9.17) is 0 Å². The van der Waals surface area contributed by atoms with Crippen molar-refractivity contribution in [3.05, 3.63) is 59.9 Å². The number of aryl methyl sites for hydroxylation is 1. The molecular weight excluding hydrogens is 284 g/mol. The van der Waals surface area contributed by atoms with Crippen LogP contribution >= 0.6 is 11.3 Å². The second kappa shape index (κ2) is 5.80. The molecule has 1 amide bonds. The van der Waals surface area contributed by atoms with E-state index in [9.17, 15) is 4.79 Å². The van der Waals surface area contributed by atoms with E-state index in [2.05, 4.69) is 20.5 Å². The van der Waals surface area contributed by atoms with Gasteiger partial charge in [-0.15, -0.1) is 10.2 Å². The molecule has 3 rings (SSSR count). The van der Waals surface area contributed by atoms with Gasteiger partial charge in [0, 0.05) is 23.5 Å². The first kappa shape index (κ1) is 13.4. The maximum absolute atomic E-state index is 12.1. The SMILES string of the molecule is Cc1ccc(C(=O)Nc2nnc(-c3ccncc3)s2)cc1. The number of carbonyl (C=O) groups excluding carboxylic acids is 1. The van der Waals surface area contributed by atoms with Crippen LogP contribution in [0.2, 0.25) is 0 Å². The zero-order valence-electron chi connectivity index (χ0n) is 11.3. The number of amides is 1. The fourth-order valence-corrected chi connectivity index (χ4v) is 2.50. The second-order valence-corrected chi connectivity index (χ2v) is 5.45. The third-order valence-electron chi connectivity index (χ3n) is 2.89. The Balaban J connectivity index is 1.75. The minimum absolute atomic E-state index is 0.188. The molecule has 0 spiro atoms. The molecule has 0 saturated carbocycles. The number of hydrogen-bond donors (Lipinski definition) is 1. The Morgan fingerprint density at radius 1 is 1.05 bits per heavy atom. The van der Waals surface area contributed by atoms with E-state index in [1.54, 1.807) is 24.5 Å². The predicted molar refractivity (Wildman–Crippen MR) is 82.3 cm³/mol. The molecule has 0 aliphatic heterocycles. The van der Waals surface area contributed by atoms with Crippen LogP contribution in [0.15, 0.2) is 48.8 Å². The molecule has 3 aromatic rings. The van der Waals surface area contributed by atoms with Crippen molar-refractivity contribution in [2.24, 2.45) is 0 Å². The third-order valence-corrected chi connectivity index (χ3v) is 3.77. The van der Waals surface area contributed by atoms with E-state index in [1.807, 2.05) is 31.2 Å². The van der Waals surface area contributed by atoms with Crippen LogP contribution in [0.4, 0.5) is 5.13 Å². The van der Waals surface area contributed by atoms with Crippen LogP contribution in [0.5, 0.6) is 0 Å². The van der Waals surface area contributed by atoms with Crippen molar-refractivity contribution in [2.45, 2.75) is 6.92 Å². The molecule has 1 N–H and O–H groups in total. The number of nitrogens with zero attached hydrogens (tertiary/aromatic N) is 3. The van der Waals surface area contributed by atoms with E-state index < -0.39 is 0 Å². The fraction of sp³-hybridized carbons (Fsp3) is 0.0667. The van der Waals surface area contributed by atoms with Gasteiger partial charge >= 0.3 is 0 Å². The summed E-state index contributed by atoms with van der Waals surface area (Å²) in [5, 5.41) is 12.0. The summed E-state index contributed by atoms with van der Waals surface area (Å²) in [6, 6.07) is 11.1. The van der Waals surface area contributed by atoms with Crippen molar-refractivity contribution in [2.75, 3.05) is 5.32 Å². The van der Waals surface area contributed by atoms with Gasteiger partial charge in [0.25, 0.3) is 5.91 Å². The number of carbonyl (C=O) groups is 1. The molecule has 21 heavy (non-hydrogen) atoms. The topological polar surface area (TPSA) is 67.8 Å². The van der Waals surface area contributed by atoms with Crippen molar-refractivity contribution in [3.8, 4) is 10.6 Å². The number of rotatable bonds is 3. The molecular formula is C15H12N4OS. The summed E-state index contributed by atoms with van der Waals surface area (Å²) in [7, 11) is 0. The van der Waals surface area contributed by atoms with Gasteiger partial charge in [0.1, 0.15) is 5.01 Å². The number of benzene rings is 1. The van der Waals surface area contributed by atoms with E-state index in [0.717, 1.165) is 16.1 Å². The molecule has 0 aliphatic rings. The average molecular weight is 296 g/mol. The number of aromatic nitrogens is 3. The first-order valence-electron chi connectivity index (χ1n) is 6.34. The summed E-state index contributed by atoms with van der Waals surface area (Å²) < 4.78 is 0. The summed E-state index contributed by atoms with van der Waals surface area (Å²) in [5.74, 6) is -0.188. The third kappa shape index (κ3) is 3.11. The zero-order valence-corrected chi connectivity index (χ0v) is 12.1. The molecule has 1 aromatic carbocycles. The summed E-state index contributed by atoms with van der Waals surface area (Å²) in [4.78, 5) is 16.0. The normalized spacial score (nSPS) is 10.3. The van der Waals surface area contributed by atoms with E-state index in [0.29, 0.717) is 10.7 Å². The molecule has 0 unspecified atom stereocenters. The first-order valence-corrected chi connectivity index (χ1v) is 7.16. The quantitative estimate of drug-likeness (QED) is 0.806. The van der Waals surface area contributed by atoms with Crippen LogP contribution in [-0.2, 0) is 0 Å². The summed E-state index contributed by atoms with van der Waals surface area (Å²) in [5.41, 5.74) is 2.64. The Bertz CT molecular complexity index is 753. The first-order chi connectivity index (χ1) is 10.2. The highest BCUT2D eigenvalue weighted by Gasteiger charge is 2.10. The predicted octanol–water partition coefficient (Wildman–Crippen LogP) is 3.16. The van der Waals surface area contributed by atoms with Crippen molar-refractivity contribution in [1.82, 2.24) is 15.2 Å². The molecule has 104 valence electrons. The van der Waals surface area contributed by atoms with E-state index in [-0.39, 0.29) is 5.91 Å².